The topological polar surface area (TPSA) is 30.0 Å². The lowest BCUT2D eigenvalue weighted by molar-refractivity contribution is 0.103. The van der Waals surface area contributed by atoms with Crippen LogP contribution < -0.4 is 0 Å². The summed E-state index contributed by atoms with van der Waals surface area (Å²) in [5.41, 5.74) is 0.491. The first-order valence-corrected chi connectivity index (χ1v) is 5.37. The summed E-state index contributed by atoms with van der Waals surface area (Å²) in [6, 6.07) is 8.15. The Bertz CT molecular complexity index is 525. The number of rotatable bonds is 2. The highest BCUT2D eigenvalue weighted by Gasteiger charge is 2.13. The van der Waals surface area contributed by atoms with Crippen molar-refractivity contribution in [3.63, 3.8) is 0 Å². The molecule has 2 nitrogen and oxygen atoms in total. The number of nitrogens with zero attached hydrogens (tertiary/aromatic N) is 1. The molecule has 2 rings (SSSR count). The van der Waals surface area contributed by atoms with Crippen molar-refractivity contribution in [3.8, 4) is 0 Å². The molecule has 0 fully saturated rings. The average Bonchev–Trinajstić information content (AvgIpc) is 2.30. The summed E-state index contributed by atoms with van der Waals surface area (Å²) in [5.74, 6) is -0.942. The van der Waals surface area contributed by atoms with Gasteiger partial charge < -0.3 is 0 Å². The van der Waals surface area contributed by atoms with E-state index >= 15 is 0 Å². The quantitative estimate of drug-likeness (QED) is 0.790. The molecule has 0 N–H and O–H groups in total. The zero-order valence-corrected chi connectivity index (χ0v) is 9.74. The minimum absolute atomic E-state index is 0.0392. The number of carbonyl (C=O) groups is 1. The second-order valence-corrected chi connectivity index (χ2v) is 4.11. The summed E-state index contributed by atoms with van der Waals surface area (Å²) in [4.78, 5) is 15.5. The second kappa shape index (κ2) is 4.53. The van der Waals surface area contributed by atoms with Crippen LogP contribution in [0.1, 0.15) is 15.9 Å². The summed E-state index contributed by atoms with van der Waals surface area (Å²) < 4.78 is 14.2. The van der Waals surface area contributed by atoms with Crippen molar-refractivity contribution < 1.29 is 9.18 Å². The largest absolute Gasteiger partial charge is 0.288 e. The maximum Gasteiger partial charge on any atom is 0.196 e. The number of pyridine rings is 1. The molecule has 16 heavy (non-hydrogen) atoms. The highest BCUT2D eigenvalue weighted by Crippen LogP contribution is 2.15. The first kappa shape index (κ1) is 11.0. The predicted octanol–water partition coefficient (Wildman–Crippen LogP) is 3.21. The lowest BCUT2D eigenvalue weighted by Crippen LogP contribution is -2.04. The van der Waals surface area contributed by atoms with E-state index in [1.807, 2.05) is 0 Å². The van der Waals surface area contributed by atoms with Gasteiger partial charge in [-0.25, -0.2) is 4.39 Å². The SMILES string of the molecule is O=C(c1ccc(Br)cc1)c1ccncc1F. The van der Waals surface area contributed by atoms with Gasteiger partial charge in [-0.2, -0.15) is 0 Å². The summed E-state index contributed by atoms with van der Waals surface area (Å²) in [6.07, 6.45) is 2.43. The second-order valence-electron chi connectivity index (χ2n) is 3.19. The Hall–Kier alpha value is -1.55. The molecule has 0 spiro atoms. The number of ketones is 1. The molecule has 0 aliphatic rings. The van der Waals surface area contributed by atoms with Crippen molar-refractivity contribution >= 4 is 21.7 Å². The van der Waals surface area contributed by atoms with Crippen molar-refractivity contribution in [2.45, 2.75) is 0 Å². The van der Waals surface area contributed by atoms with E-state index in [9.17, 15) is 9.18 Å². The van der Waals surface area contributed by atoms with Gasteiger partial charge >= 0.3 is 0 Å². The molecule has 0 unspecified atom stereocenters. The van der Waals surface area contributed by atoms with Crippen molar-refractivity contribution in [1.82, 2.24) is 4.98 Å². The minimum atomic E-state index is -0.601. The molecule has 0 bridgehead atoms. The molecule has 0 saturated carbocycles. The van der Waals surface area contributed by atoms with Crippen LogP contribution in [0.25, 0.3) is 0 Å². The Morgan fingerprint density at radius 3 is 2.50 bits per heavy atom. The molecule has 0 aliphatic heterocycles. The van der Waals surface area contributed by atoms with Crippen molar-refractivity contribution in [2.75, 3.05) is 0 Å². The Morgan fingerprint density at radius 1 is 1.19 bits per heavy atom. The number of benzene rings is 1. The van der Waals surface area contributed by atoms with Crippen molar-refractivity contribution in [3.05, 3.63) is 64.1 Å². The highest BCUT2D eigenvalue weighted by molar-refractivity contribution is 9.10. The Labute approximate surface area is 100 Å². The van der Waals surface area contributed by atoms with Gasteiger partial charge in [0.2, 0.25) is 0 Å². The van der Waals surface area contributed by atoms with Gasteiger partial charge in [0, 0.05) is 16.2 Å². The summed E-state index contributed by atoms with van der Waals surface area (Å²) in [5, 5.41) is 0. The third kappa shape index (κ3) is 2.17. The summed E-state index contributed by atoms with van der Waals surface area (Å²) in [7, 11) is 0. The number of aromatic nitrogens is 1. The van der Waals surface area contributed by atoms with Gasteiger partial charge in [-0.3, -0.25) is 9.78 Å². The molecule has 80 valence electrons. The van der Waals surface area contributed by atoms with Crippen molar-refractivity contribution in [1.29, 1.82) is 0 Å². The summed E-state index contributed by atoms with van der Waals surface area (Å²) in [6.45, 7) is 0. The van der Waals surface area contributed by atoms with Gasteiger partial charge in [0.05, 0.1) is 11.8 Å². The first-order chi connectivity index (χ1) is 7.68. The van der Waals surface area contributed by atoms with Crippen LogP contribution in [-0.4, -0.2) is 10.8 Å². The monoisotopic (exact) mass is 279 g/mol. The molecular weight excluding hydrogens is 273 g/mol. The van der Waals surface area contributed by atoms with Crippen LogP contribution in [-0.2, 0) is 0 Å². The fourth-order valence-electron chi connectivity index (χ4n) is 1.32. The number of carbonyl (C=O) groups excluding carboxylic acids is 1. The van der Waals surface area contributed by atoms with Gasteiger partial charge in [-0.05, 0) is 30.3 Å². The maximum absolute atomic E-state index is 13.3. The lowest BCUT2D eigenvalue weighted by Gasteiger charge is -2.01. The Balaban J connectivity index is 2.40. The lowest BCUT2D eigenvalue weighted by atomic mass is 10.0. The van der Waals surface area contributed by atoms with Gasteiger partial charge in [-0.15, -0.1) is 0 Å². The molecule has 1 aromatic heterocycles. The van der Waals surface area contributed by atoms with E-state index < -0.39 is 5.82 Å². The zero-order chi connectivity index (χ0) is 11.5. The van der Waals surface area contributed by atoms with Crippen LogP contribution >= 0.6 is 15.9 Å². The molecule has 0 radical (unpaired) electrons. The predicted molar refractivity (Wildman–Crippen MR) is 61.8 cm³/mol. The van der Waals surface area contributed by atoms with Crippen molar-refractivity contribution in [2.24, 2.45) is 0 Å². The fraction of sp³-hybridized carbons (Fsp3) is 0. The van der Waals surface area contributed by atoms with Crippen LogP contribution in [0.3, 0.4) is 0 Å². The molecule has 2 aromatic rings. The summed E-state index contributed by atoms with van der Waals surface area (Å²) >= 11 is 3.27. The number of hydrogen-bond acceptors (Lipinski definition) is 2. The van der Waals surface area contributed by atoms with Gasteiger partial charge in [0.25, 0.3) is 0 Å². The van der Waals surface area contributed by atoms with Gasteiger partial charge in [0.1, 0.15) is 0 Å². The molecule has 1 aromatic carbocycles. The van der Waals surface area contributed by atoms with Crippen LogP contribution in [0.4, 0.5) is 4.39 Å². The van der Waals surface area contributed by atoms with E-state index in [1.54, 1.807) is 24.3 Å². The van der Waals surface area contributed by atoms with Crippen LogP contribution in [0, 0.1) is 5.82 Å². The van der Waals surface area contributed by atoms with E-state index in [1.165, 1.54) is 12.3 Å². The Morgan fingerprint density at radius 2 is 1.88 bits per heavy atom. The minimum Gasteiger partial charge on any atom is -0.288 e. The standard InChI is InChI=1S/C12H7BrFNO/c13-9-3-1-8(2-4-9)12(16)10-5-6-15-7-11(10)14/h1-7H. The maximum atomic E-state index is 13.3. The van der Waals surface area contributed by atoms with Crippen LogP contribution in [0.5, 0.6) is 0 Å². The Kier molecular flexibility index (Phi) is 3.10. The van der Waals surface area contributed by atoms with Gasteiger partial charge in [0.15, 0.2) is 11.6 Å². The molecular formula is C12H7BrFNO. The van der Waals surface area contributed by atoms with Crippen LogP contribution in [0.15, 0.2) is 47.2 Å². The molecule has 0 amide bonds. The van der Waals surface area contributed by atoms with E-state index in [4.69, 9.17) is 0 Å². The highest BCUT2D eigenvalue weighted by atomic mass is 79.9. The fourth-order valence-corrected chi connectivity index (χ4v) is 1.58. The molecule has 1 heterocycles. The molecule has 4 heteroatoms. The molecule has 0 saturated heterocycles. The zero-order valence-electron chi connectivity index (χ0n) is 8.15. The van der Waals surface area contributed by atoms with E-state index in [2.05, 4.69) is 20.9 Å². The average molecular weight is 280 g/mol. The third-order valence-corrected chi connectivity index (χ3v) is 2.65. The van der Waals surface area contributed by atoms with Crippen LogP contribution in [0.2, 0.25) is 0 Å². The molecule has 0 aliphatic carbocycles. The third-order valence-electron chi connectivity index (χ3n) is 2.12. The molecule has 0 atom stereocenters. The normalized spacial score (nSPS) is 10.1. The smallest absolute Gasteiger partial charge is 0.196 e. The number of halogens is 2. The number of hydrogen-bond donors (Lipinski definition) is 0. The van der Waals surface area contributed by atoms with E-state index in [-0.39, 0.29) is 11.3 Å². The van der Waals surface area contributed by atoms with E-state index in [0.29, 0.717) is 5.56 Å². The first-order valence-electron chi connectivity index (χ1n) is 4.58. The van der Waals surface area contributed by atoms with Gasteiger partial charge in [-0.1, -0.05) is 15.9 Å². The van der Waals surface area contributed by atoms with E-state index in [0.717, 1.165) is 10.7 Å².